The molecule has 1 rings (SSSR count). The first-order valence-corrected chi connectivity index (χ1v) is 6.12. The molecule has 0 bridgehead atoms. The summed E-state index contributed by atoms with van der Waals surface area (Å²) in [7, 11) is 1.62. The number of ether oxygens (including phenoxy) is 1. The van der Waals surface area contributed by atoms with E-state index in [0.29, 0.717) is 5.84 Å². The number of amides is 1. The van der Waals surface area contributed by atoms with E-state index in [4.69, 9.17) is 4.74 Å². The normalized spacial score (nSPS) is 17.5. The summed E-state index contributed by atoms with van der Waals surface area (Å²) in [6, 6.07) is 0. The summed E-state index contributed by atoms with van der Waals surface area (Å²) in [5, 5.41) is 15.7. The van der Waals surface area contributed by atoms with Gasteiger partial charge < -0.3 is 9.84 Å². The number of carbonyl (C=O) groups excluding carboxylic acids is 1. The Balaban J connectivity index is 2.56. The van der Waals surface area contributed by atoms with Gasteiger partial charge in [0.05, 0.1) is 5.92 Å². The molecule has 0 aromatic carbocycles. The van der Waals surface area contributed by atoms with E-state index in [9.17, 15) is 9.90 Å². The number of nitrogens with one attached hydrogen (secondary N) is 2. The number of hydrogen-bond acceptors (Lipinski definition) is 7. The Kier molecular flexibility index (Phi) is 4.53. The van der Waals surface area contributed by atoms with Crippen LogP contribution in [0.25, 0.3) is 0 Å². The van der Waals surface area contributed by atoms with Crippen molar-refractivity contribution in [3.63, 3.8) is 0 Å². The van der Waals surface area contributed by atoms with Gasteiger partial charge in [-0.3, -0.25) is 5.43 Å². The Bertz CT molecular complexity index is 406. The van der Waals surface area contributed by atoms with Crippen LogP contribution >= 0.6 is 12.2 Å². The van der Waals surface area contributed by atoms with Gasteiger partial charge in [0.25, 0.3) is 0 Å². The summed E-state index contributed by atoms with van der Waals surface area (Å²) in [5.74, 6) is -0.0195. The second kappa shape index (κ2) is 5.57. The third-order valence-corrected chi connectivity index (χ3v) is 2.49. The molecule has 0 radical (unpaired) electrons. The van der Waals surface area contributed by atoms with Gasteiger partial charge >= 0.3 is 6.09 Å². The van der Waals surface area contributed by atoms with E-state index in [2.05, 4.69) is 28.2 Å². The molecule has 0 fully saturated rings. The average Bonchev–Trinajstić information content (AvgIpc) is 2.56. The lowest BCUT2D eigenvalue weighted by molar-refractivity contribution is -0.0611. The largest absolute Gasteiger partial charge is 0.501 e. The molecule has 0 saturated heterocycles. The maximum atomic E-state index is 11.6. The highest BCUT2D eigenvalue weighted by atomic mass is 32.1. The van der Waals surface area contributed by atoms with Gasteiger partial charge in [-0.1, -0.05) is 0 Å². The first-order valence-electron chi connectivity index (χ1n) is 5.71. The van der Waals surface area contributed by atoms with Crippen molar-refractivity contribution in [3.8, 4) is 0 Å². The monoisotopic (exact) mass is 289 g/mol. The van der Waals surface area contributed by atoms with E-state index >= 15 is 0 Å². The molecular formula is C10H19N5O3S. The third kappa shape index (κ3) is 4.52. The van der Waals surface area contributed by atoms with Crippen LogP contribution in [0.15, 0.2) is 5.10 Å². The van der Waals surface area contributed by atoms with E-state index in [1.165, 1.54) is 10.3 Å². The van der Waals surface area contributed by atoms with Gasteiger partial charge in [-0.05, 0) is 45.1 Å². The summed E-state index contributed by atoms with van der Waals surface area (Å²) >= 11 is 4.68. The summed E-state index contributed by atoms with van der Waals surface area (Å²) in [4.78, 5) is 11.6. The lowest BCUT2D eigenvalue weighted by Gasteiger charge is -2.25. The Labute approximate surface area is 117 Å². The van der Waals surface area contributed by atoms with Crippen LogP contribution in [-0.2, 0) is 4.74 Å². The van der Waals surface area contributed by atoms with Gasteiger partial charge in [0.1, 0.15) is 5.60 Å². The fourth-order valence-electron chi connectivity index (χ4n) is 1.19. The lowest BCUT2D eigenvalue weighted by atomic mass is 10.2. The van der Waals surface area contributed by atoms with Crippen molar-refractivity contribution < 1.29 is 14.6 Å². The number of amidine groups is 1. The van der Waals surface area contributed by atoms with Crippen molar-refractivity contribution in [3.05, 3.63) is 0 Å². The van der Waals surface area contributed by atoms with Gasteiger partial charge in [0.15, 0.2) is 10.9 Å². The van der Waals surface area contributed by atoms with Crippen LogP contribution in [0.3, 0.4) is 0 Å². The molecule has 0 aliphatic carbocycles. The number of aliphatic hydroxyl groups excluding tert-OH is 1. The van der Waals surface area contributed by atoms with Gasteiger partial charge in [0.2, 0.25) is 0 Å². The zero-order valence-corrected chi connectivity index (χ0v) is 12.4. The van der Waals surface area contributed by atoms with E-state index in [1.54, 1.807) is 34.7 Å². The maximum absolute atomic E-state index is 11.6. The van der Waals surface area contributed by atoms with Crippen LogP contribution in [0.1, 0.15) is 27.7 Å². The van der Waals surface area contributed by atoms with E-state index < -0.39 is 17.6 Å². The molecule has 1 atom stereocenters. The predicted molar refractivity (Wildman–Crippen MR) is 73.9 cm³/mol. The Morgan fingerprint density at radius 3 is 2.63 bits per heavy atom. The van der Waals surface area contributed by atoms with E-state index in [-0.39, 0.29) is 5.05 Å². The van der Waals surface area contributed by atoms with Gasteiger partial charge in [0, 0.05) is 7.05 Å². The van der Waals surface area contributed by atoms with Crippen molar-refractivity contribution in [2.45, 2.75) is 33.3 Å². The molecule has 0 aromatic heterocycles. The van der Waals surface area contributed by atoms with Crippen molar-refractivity contribution in [1.82, 2.24) is 21.2 Å². The summed E-state index contributed by atoms with van der Waals surface area (Å²) in [5.41, 5.74) is 4.65. The molecule has 1 heterocycles. The number of nitrogens with zero attached hydrogens (tertiary/aromatic N) is 3. The standard InChI is InChI=1S/C10H19N5O3S/c1-6(8(16)19)7-11-14(5)15(12-7)13-9(17)18-10(2,3)4/h6H,1-5H3,(H,11,12)(H,13,17)(H,16,19)/t6-/m0/s1. The summed E-state index contributed by atoms with van der Waals surface area (Å²) in [6.07, 6.45) is -0.623. The summed E-state index contributed by atoms with van der Waals surface area (Å²) in [6.45, 7) is 6.99. The third-order valence-electron chi connectivity index (χ3n) is 2.14. The number of carbonyl (C=O) groups is 1. The molecule has 108 valence electrons. The molecule has 0 saturated carbocycles. The van der Waals surface area contributed by atoms with Crippen LogP contribution in [0.2, 0.25) is 0 Å². The molecule has 0 spiro atoms. The fraction of sp³-hybridized carbons (Fsp3) is 0.700. The number of hydrazone groups is 1. The minimum absolute atomic E-state index is 0.182. The number of hydrogen-bond donors (Lipinski definition) is 3. The first kappa shape index (κ1) is 15.4. The molecular weight excluding hydrogens is 270 g/mol. The lowest BCUT2D eigenvalue weighted by Crippen LogP contribution is -2.55. The quantitative estimate of drug-likeness (QED) is 0.666. The highest BCUT2D eigenvalue weighted by Crippen LogP contribution is 2.09. The van der Waals surface area contributed by atoms with Crippen molar-refractivity contribution in [2.75, 3.05) is 7.05 Å². The summed E-state index contributed by atoms with van der Waals surface area (Å²) < 4.78 is 5.11. The number of thiocarbonyl (C=S) groups is 1. The minimum Gasteiger partial charge on any atom is -0.501 e. The molecule has 8 nitrogen and oxygen atoms in total. The smallest absolute Gasteiger partial charge is 0.425 e. The van der Waals surface area contributed by atoms with Crippen LogP contribution < -0.4 is 10.9 Å². The SMILES string of the molecule is C[C@H](C(O)=S)C1=NN(C)N(NC(=O)OC(C)(C)C)N1. The van der Waals surface area contributed by atoms with Gasteiger partial charge in [-0.25, -0.2) is 10.2 Å². The second-order valence-electron chi connectivity index (χ2n) is 5.07. The molecule has 1 aliphatic heterocycles. The number of rotatable bonds is 3. The molecule has 0 unspecified atom stereocenters. The van der Waals surface area contributed by atoms with E-state index in [0.717, 1.165) is 0 Å². The molecule has 19 heavy (non-hydrogen) atoms. The van der Waals surface area contributed by atoms with Crippen LogP contribution in [-0.4, -0.2) is 45.1 Å². The zero-order valence-electron chi connectivity index (χ0n) is 11.6. The Hall–Kier alpha value is -1.61. The minimum atomic E-state index is -0.623. The van der Waals surface area contributed by atoms with Crippen LogP contribution in [0.5, 0.6) is 0 Å². The van der Waals surface area contributed by atoms with Crippen molar-refractivity contribution in [1.29, 1.82) is 0 Å². The number of aliphatic hydroxyl groups is 1. The highest BCUT2D eigenvalue weighted by molar-refractivity contribution is 7.80. The molecule has 1 amide bonds. The van der Waals surface area contributed by atoms with Gasteiger partial charge in [-0.2, -0.15) is 5.12 Å². The second-order valence-corrected chi connectivity index (χ2v) is 5.49. The topological polar surface area (TPSA) is 89.4 Å². The Morgan fingerprint density at radius 1 is 1.58 bits per heavy atom. The number of hydrazine groups is 3. The van der Waals surface area contributed by atoms with Crippen LogP contribution in [0.4, 0.5) is 4.79 Å². The molecule has 1 aliphatic rings. The fourth-order valence-corrected chi connectivity index (χ4v) is 1.30. The van der Waals surface area contributed by atoms with Crippen molar-refractivity contribution in [2.24, 2.45) is 11.0 Å². The van der Waals surface area contributed by atoms with Crippen LogP contribution in [0, 0.1) is 5.92 Å². The highest BCUT2D eigenvalue weighted by Gasteiger charge is 2.28. The molecule has 9 heteroatoms. The average molecular weight is 289 g/mol. The predicted octanol–water partition coefficient (Wildman–Crippen LogP) is 0.928. The Morgan fingerprint density at radius 2 is 2.16 bits per heavy atom. The van der Waals surface area contributed by atoms with Gasteiger partial charge in [-0.15, -0.1) is 5.10 Å². The zero-order chi connectivity index (χ0) is 14.8. The molecule has 0 aromatic rings. The first-order chi connectivity index (χ1) is 8.60. The maximum Gasteiger partial charge on any atom is 0.425 e. The van der Waals surface area contributed by atoms with Crippen molar-refractivity contribution >= 4 is 29.2 Å². The van der Waals surface area contributed by atoms with E-state index in [1.807, 2.05) is 0 Å². The molecule has 3 N–H and O–H groups in total.